The first-order valence-electron chi connectivity index (χ1n) is 8.42. The van der Waals surface area contributed by atoms with E-state index in [4.69, 9.17) is 9.72 Å². The normalized spacial score (nSPS) is 15.8. The van der Waals surface area contributed by atoms with Crippen LogP contribution in [0.3, 0.4) is 0 Å². The SMILES string of the molecule is COCCNCC(=O)NC1CCCc2nc(-c3ccc(F)cc3)sc21.Cl. The number of amides is 1. The molecule has 1 aliphatic carbocycles. The molecular formula is C18H23ClFN3O2S. The van der Waals surface area contributed by atoms with Crippen LogP contribution in [0.15, 0.2) is 24.3 Å². The Labute approximate surface area is 162 Å². The zero-order valence-corrected chi connectivity index (χ0v) is 16.2. The summed E-state index contributed by atoms with van der Waals surface area (Å²) in [7, 11) is 1.63. The van der Waals surface area contributed by atoms with Gasteiger partial charge in [0.15, 0.2) is 0 Å². The van der Waals surface area contributed by atoms with E-state index in [0.29, 0.717) is 13.2 Å². The van der Waals surface area contributed by atoms with Crippen molar-refractivity contribution in [2.24, 2.45) is 0 Å². The summed E-state index contributed by atoms with van der Waals surface area (Å²) in [5, 5.41) is 7.02. The number of benzene rings is 1. The number of halogens is 2. The second-order valence-electron chi connectivity index (χ2n) is 6.02. The summed E-state index contributed by atoms with van der Waals surface area (Å²) < 4.78 is 18.1. The van der Waals surface area contributed by atoms with Gasteiger partial charge in [0.1, 0.15) is 10.8 Å². The minimum atomic E-state index is -0.254. The Hall–Kier alpha value is -1.54. The Balaban J connectivity index is 0.00000243. The highest BCUT2D eigenvalue weighted by molar-refractivity contribution is 7.15. The van der Waals surface area contributed by atoms with Crippen molar-refractivity contribution in [3.05, 3.63) is 40.7 Å². The maximum absolute atomic E-state index is 13.1. The molecular weight excluding hydrogens is 377 g/mol. The summed E-state index contributed by atoms with van der Waals surface area (Å²) >= 11 is 1.59. The van der Waals surface area contributed by atoms with E-state index in [1.165, 1.54) is 12.1 Å². The molecule has 2 aromatic rings. The van der Waals surface area contributed by atoms with E-state index in [0.717, 1.165) is 40.4 Å². The van der Waals surface area contributed by atoms with Crippen LogP contribution in [-0.4, -0.2) is 37.7 Å². The highest BCUT2D eigenvalue weighted by atomic mass is 35.5. The number of carbonyl (C=O) groups excluding carboxylic acids is 1. The van der Waals surface area contributed by atoms with Crippen LogP contribution in [0.25, 0.3) is 10.6 Å². The number of carbonyl (C=O) groups is 1. The highest BCUT2D eigenvalue weighted by Gasteiger charge is 2.26. The first kappa shape index (κ1) is 20.8. The second-order valence-corrected chi connectivity index (χ2v) is 7.05. The van der Waals surface area contributed by atoms with Gasteiger partial charge in [-0.15, -0.1) is 23.7 Å². The molecule has 0 saturated carbocycles. The maximum Gasteiger partial charge on any atom is 0.234 e. The molecule has 1 amide bonds. The molecule has 8 heteroatoms. The third-order valence-corrected chi connectivity index (χ3v) is 5.41. The molecule has 2 N–H and O–H groups in total. The number of fused-ring (bicyclic) bond motifs is 1. The van der Waals surface area contributed by atoms with Crippen LogP contribution in [0.5, 0.6) is 0 Å². The summed E-state index contributed by atoms with van der Waals surface area (Å²) in [5.41, 5.74) is 1.96. The van der Waals surface area contributed by atoms with Crippen LogP contribution in [-0.2, 0) is 16.0 Å². The lowest BCUT2D eigenvalue weighted by Crippen LogP contribution is -2.38. The van der Waals surface area contributed by atoms with Crippen LogP contribution in [0, 0.1) is 5.82 Å². The molecule has 0 bridgehead atoms. The molecule has 1 atom stereocenters. The van der Waals surface area contributed by atoms with Crippen molar-refractivity contribution < 1.29 is 13.9 Å². The van der Waals surface area contributed by atoms with E-state index < -0.39 is 0 Å². The van der Waals surface area contributed by atoms with Gasteiger partial charge in [-0.2, -0.15) is 0 Å². The molecule has 5 nitrogen and oxygen atoms in total. The average Bonchev–Trinajstić information content (AvgIpc) is 3.05. The number of aryl methyl sites for hydroxylation is 1. The molecule has 1 aromatic carbocycles. The van der Waals surface area contributed by atoms with Gasteiger partial charge in [-0.3, -0.25) is 4.79 Å². The number of methoxy groups -OCH3 is 1. The molecule has 1 heterocycles. The largest absolute Gasteiger partial charge is 0.383 e. The molecule has 3 rings (SSSR count). The quantitative estimate of drug-likeness (QED) is 0.702. The average molecular weight is 400 g/mol. The molecule has 1 unspecified atom stereocenters. The van der Waals surface area contributed by atoms with Crippen LogP contribution in [0.1, 0.15) is 29.5 Å². The molecule has 1 aromatic heterocycles. The Kier molecular flexibility index (Phi) is 7.96. The maximum atomic E-state index is 13.1. The fourth-order valence-electron chi connectivity index (χ4n) is 2.89. The van der Waals surface area contributed by atoms with E-state index in [1.54, 1.807) is 30.6 Å². The Morgan fingerprint density at radius 3 is 2.88 bits per heavy atom. The molecule has 0 spiro atoms. The fourth-order valence-corrected chi connectivity index (χ4v) is 4.10. The van der Waals surface area contributed by atoms with Gasteiger partial charge in [0, 0.05) is 19.2 Å². The van der Waals surface area contributed by atoms with Crippen molar-refractivity contribution in [1.29, 1.82) is 0 Å². The number of hydrogen-bond acceptors (Lipinski definition) is 5. The lowest BCUT2D eigenvalue weighted by Gasteiger charge is -2.22. The van der Waals surface area contributed by atoms with Gasteiger partial charge in [0.05, 0.1) is 29.8 Å². The summed E-state index contributed by atoms with van der Waals surface area (Å²) in [5.74, 6) is -0.276. The van der Waals surface area contributed by atoms with Gasteiger partial charge in [0.25, 0.3) is 0 Å². The molecule has 1 aliphatic rings. The molecule has 0 radical (unpaired) electrons. The number of aromatic nitrogens is 1. The second kappa shape index (κ2) is 9.97. The Bertz CT molecular complexity index is 724. The molecule has 0 saturated heterocycles. The first-order chi connectivity index (χ1) is 12.2. The summed E-state index contributed by atoms with van der Waals surface area (Å²) in [6.45, 7) is 1.50. The van der Waals surface area contributed by atoms with Crippen molar-refractivity contribution in [3.63, 3.8) is 0 Å². The third-order valence-electron chi connectivity index (χ3n) is 4.15. The predicted molar refractivity (Wildman–Crippen MR) is 103 cm³/mol. The number of ether oxygens (including phenoxy) is 1. The Morgan fingerprint density at radius 2 is 2.15 bits per heavy atom. The monoisotopic (exact) mass is 399 g/mol. The van der Waals surface area contributed by atoms with Gasteiger partial charge < -0.3 is 15.4 Å². The zero-order valence-electron chi connectivity index (χ0n) is 14.6. The minimum Gasteiger partial charge on any atom is -0.383 e. The lowest BCUT2D eigenvalue weighted by atomic mass is 9.98. The lowest BCUT2D eigenvalue weighted by molar-refractivity contribution is -0.121. The van der Waals surface area contributed by atoms with Gasteiger partial charge in [-0.1, -0.05) is 0 Å². The van der Waals surface area contributed by atoms with Crippen LogP contribution >= 0.6 is 23.7 Å². The zero-order chi connectivity index (χ0) is 17.6. The van der Waals surface area contributed by atoms with Crippen molar-refractivity contribution >= 4 is 29.7 Å². The minimum absolute atomic E-state index is 0. The predicted octanol–water partition coefficient (Wildman–Crippen LogP) is 3.10. The van der Waals surface area contributed by atoms with Crippen molar-refractivity contribution in [3.8, 4) is 10.6 Å². The highest BCUT2D eigenvalue weighted by Crippen LogP contribution is 2.37. The van der Waals surface area contributed by atoms with E-state index in [9.17, 15) is 9.18 Å². The topological polar surface area (TPSA) is 63.2 Å². The third kappa shape index (κ3) is 5.23. The van der Waals surface area contributed by atoms with Gasteiger partial charge in [-0.25, -0.2) is 9.37 Å². The standard InChI is InChI=1S/C18H22FN3O2S.ClH/c1-24-10-9-20-11-16(23)21-14-3-2-4-15-17(14)25-18(22-15)12-5-7-13(19)8-6-12;/h5-8,14,20H,2-4,9-11H2,1H3,(H,21,23);1H. The summed E-state index contributed by atoms with van der Waals surface area (Å²) in [6, 6.07) is 6.38. The summed E-state index contributed by atoms with van der Waals surface area (Å²) in [6.07, 6.45) is 2.84. The van der Waals surface area contributed by atoms with Crippen molar-refractivity contribution in [2.75, 3.05) is 26.8 Å². The van der Waals surface area contributed by atoms with Crippen LogP contribution in [0.2, 0.25) is 0 Å². The number of nitrogens with zero attached hydrogens (tertiary/aromatic N) is 1. The van der Waals surface area contributed by atoms with E-state index in [2.05, 4.69) is 10.6 Å². The van der Waals surface area contributed by atoms with Crippen LogP contribution in [0.4, 0.5) is 4.39 Å². The molecule has 0 aliphatic heterocycles. The molecule has 0 fully saturated rings. The molecule has 142 valence electrons. The van der Waals surface area contributed by atoms with Crippen LogP contribution < -0.4 is 10.6 Å². The van der Waals surface area contributed by atoms with E-state index >= 15 is 0 Å². The van der Waals surface area contributed by atoms with E-state index in [-0.39, 0.29) is 36.7 Å². The smallest absolute Gasteiger partial charge is 0.234 e. The van der Waals surface area contributed by atoms with Gasteiger partial charge in [-0.05, 0) is 43.5 Å². The van der Waals surface area contributed by atoms with E-state index in [1.807, 2.05) is 0 Å². The number of nitrogens with one attached hydrogen (secondary N) is 2. The van der Waals surface area contributed by atoms with Crippen molar-refractivity contribution in [1.82, 2.24) is 15.6 Å². The van der Waals surface area contributed by atoms with Gasteiger partial charge in [0.2, 0.25) is 5.91 Å². The Morgan fingerprint density at radius 1 is 1.38 bits per heavy atom. The number of thiazole rings is 1. The number of hydrogen-bond donors (Lipinski definition) is 2. The summed E-state index contributed by atoms with van der Waals surface area (Å²) in [4.78, 5) is 18.0. The van der Waals surface area contributed by atoms with Gasteiger partial charge >= 0.3 is 0 Å². The number of rotatable bonds is 7. The fraction of sp³-hybridized carbons (Fsp3) is 0.444. The van der Waals surface area contributed by atoms with Crippen molar-refractivity contribution in [2.45, 2.75) is 25.3 Å². The molecule has 26 heavy (non-hydrogen) atoms. The first-order valence-corrected chi connectivity index (χ1v) is 9.23.